The first-order valence-corrected chi connectivity index (χ1v) is 7.74. The number of nitrogens with zero attached hydrogens (tertiary/aromatic N) is 3. The smallest absolute Gasteiger partial charge is 0.272 e. The van der Waals surface area contributed by atoms with E-state index in [0.29, 0.717) is 5.69 Å². The minimum absolute atomic E-state index is 0.0319. The van der Waals surface area contributed by atoms with Gasteiger partial charge in [-0.15, -0.1) is 0 Å². The normalized spacial score (nSPS) is 15.3. The molecule has 1 aromatic carbocycles. The van der Waals surface area contributed by atoms with E-state index in [9.17, 15) is 4.79 Å². The van der Waals surface area contributed by atoms with Gasteiger partial charge < -0.3 is 14.8 Å². The standard InChI is InChI=1S/C15H17BrN4O/c1-11-17-10-14(18-11)15(21)20-7-5-19(6-8-20)13-4-2-3-12(16)9-13/h2-4,9-10H,5-8H2,1H3,(H,17,18). The molecule has 1 N–H and O–H groups in total. The number of aromatic nitrogens is 2. The van der Waals surface area contributed by atoms with Crippen LogP contribution in [0.4, 0.5) is 5.69 Å². The first-order chi connectivity index (χ1) is 10.1. The molecule has 1 aliphatic rings. The molecule has 2 heterocycles. The minimum Gasteiger partial charge on any atom is -0.368 e. The van der Waals surface area contributed by atoms with Gasteiger partial charge in [0.15, 0.2) is 0 Å². The van der Waals surface area contributed by atoms with Gasteiger partial charge in [-0.3, -0.25) is 4.79 Å². The molecule has 0 saturated carbocycles. The first kappa shape index (κ1) is 14.1. The maximum Gasteiger partial charge on any atom is 0.272 e. The van der Waals surface area contributed by atoms with E-state index in [1.54, 1.807) is 6.20 Å². The van der Waals surface area contributed by atoms with Crippen LogP contribution in [0.15, 0.2) is 34.9 Å². The van der Waals surface area contributed by atoms with Gasteiger partial charge in [0.2, 0.25) is 0 Å². The summed E-state index contributed by atoms with van der Waals surface area (Å²) in [5.41, 5.74) is 1.76. The second-order valence-corrected chi connectivity index (χ2v) is 6.06. The Kier molecular flexibility index (Phi) is 3.96. The molecule has 0 bridgehead atoms. The van der Waals surface area contributed by atoms with Gasteiger partial charge in [-0.1, -0.05) is 22.0 Å². The summed E-state index contributed by atoms with van der Waals surface area (Å²) in [4.78, 5) is 23.6. The first-order valence-electron chi connectivity index (χ1n) is 6.95. The van der Waals surface area contributed by atoms with Crippen LogP contribution in [0.3, 0.4) is 0 Å². The molecule has 3 rings (SSSR count). The Morgan fingerprint density at radius 2 is 2.05 bits per heavy atom. The average molecular weight is 349 g/mol. The molecule has 110 valence electrons. The molecule has 0 atom stereocenters. The quantitative estimate of drug-likeness (QED) is 0.906. The van der Waals surface area contributed by atoms with E-state index in [1.165, 1.54) is 5.69 Å². The zero-order valence-corrected chi connectivity index (χ0v) is 13.4. The molecule has 1 aliphatic heterocycles. The zero-order chi connectivity index (χ0) is 14.8. The topological polar surface area (TPSA) is 52.2 Å². The fourth-order valence-electron chi connectivity index (χ4n) is 2.54. The third-order valence-corrected chi connectivity index (χ3v) is 4.17. The molecule has 1 aromatic heterocycles. The lowest BCUT2D eigenvalue weighted by Crippen LogP contribution is -2.48. The van der Waals surface area contributed by atoms with Crippen LogP contribution in [-0.2, 0) is 0 Å². The van der Waals surface area contributed by atoms with Crippen LogP contribution in [0.1, 0.15) is 16.3 Å². The number of anilines is 1. The summed E-state index contributed by atoms with van der Waals surface area (Å²) in [6, 6.07) is 8.25. The van der Waals surface area contributed by atoms with Crippen molar-refractivity contribution in [1.29, 1.82) is 0 Å². The predicted molar refractivity (Wildman–Crippen MR) is 85.6 cm³/mol. The Morgan fingerprint density at radius 3 is 2.67 bits per heavy atom. The number of hydrogen-bond acceptors (Lipinski definition) is 3. The third-order valence-electron chi connectivity index (χ3n) is 3.67. The second-order valence-electron chi connectivity index (χ2n) is 5.14. The Balaban J connectivity index is 1.64. The SMILES string of the molecule is Cc1ncc(C(=O)N2CCN(c3cccc(Br)c3)CC2)[nH]1. The van der Waals surface area contributed by atoms with Crippen molar-refractivity contribution < 1.29 is 4.79 Å². The van der Waals surface area contributed by atoms with Gasteiger partial charge in [0, 0.05) is 36.3 Å². The third kappa shape index (κ3) is 3.10. The van der Waals surface area contributed by atoms with Crippen molar-refractivity contribution >= 4 is 27.5 Å². The van der Waals surface area contributed by atoms with E-state index < -0.39 is 0 Å². The number of aryl methyl sites for hydroxylation is 1. The van der Waals surface area contributed by atoms with E-state index in [2.05, 4.69) is 42.9 Å². The van der Waals surface area contributed by atoms with Crippen LogP contribution in [-0.4, -0.2) is 47.0 Å². The zero-order valence-electron chi connectivity index (χ0n) is 11.8. The number of carbonyl (C=O) groups excluding carboxylic acids is 1. The van der Waals surface area contributed by atoms with Crippen LogP contribution < -0.4 is 4.90 Å². The lowest BCUT2D eigenvalue weighted by Gasteiger charge is -2.36. The number of imidazole rings is 1. The van der Waals surface area contributed by atoms with Gasteiger partial charge in [0.25, 0.3) is 5.91 Å². The van der Waals surface area contributed by atoms with Gasteiger partial charge >= 0.3 is 0 Å². The molecule has 0 unspecified atom stereocenters. The molecule has 1 amide bonds. The van der Waals surface area contributed by atoms with Gasteiger partial charge in [-0.25, -0.2) is 4.98 Å². The van der Waals surface area contributed by atoms with Crippen molar-refractivity contribution in [2.45, 2.75) is 6.92 Å². The van der Waals surface area contributed by atoms with Crippen molar-refractivity contribution in [1.82, 2.24) is 14.9 Å². The summed E-state index contributed by atoms with van der Waals surface area (Å²) in [6.45, 7) is 4.99. The van der Waals surface area contributed by atoms with E-state index in [0.717, 1.165) is 36.5 Å². The molecule has 6 heteroatoms. The number of piperazine rings is 1. The van der Waals surface area contributed by atoms with Gasteiger partial charge in [-0.2, -0.15) is 0 Å². The molecule has 1 saturated heterocycles. The number of hydrogen-bond donors (Lipinski definition) is 1. The van der Waals surface area contributed by atoms with Crippen molar-refractivity contribution in [2.24, 2.45) is 0 Å². The van der Waals surface area contributed by atoms with Gasteiger partial charge in [0.1, 0.15) is 11.5 Å². The number of aromatic amines is 1. The molecule has 5 nitrogen and oxygen atoms in total. The summed E-state index contributed by atoms with van der Waals surface area (Å²) >= 11 is 3.49. The number of amides is 1. The van der Waals surface area contributed by atoms with Crippen LogP contribution in [0.2, 0.25) is 0 Å². The Morgan fingerprint density at radius 1 is 1.29 bits per heavy atom. The maximum absolute atomic E-state index is 12.3. The van der Waals surface area contributed by atoms with Crippen LogP contribution in [0.25, 0.3) is 0 Å². The lowest BCUT2D eigenvalue weighted by atomic mass is 10.2. The highest BCUT2D eigenvalue weighted by molar-refractivity contribution is 9.10. The molecular weight excluding hydrogens is 332 g/mol. The lowest BCUT2D eigenvalue weighted by molar-refractivity contribution is 0.0741. The molecule has 0 aliphatic carbocycles. The highest BCUT2D eigenvalue weighted by Crippen LogP contribution is 2.21. The molecule has 0 spiro atoms. The number of halogens is 1. The fraction of sp³-hybridized carbons (Fsp3) is 0.333. The number of benzene rings is 1. The summed E-state index contributed by atoms with van der Waals surface area (Å²) in [5.74, 6) is 0.801. The van der Waals surface area contributed by atoms with E-state index in [1.807, 2.05) is 24.0 Å². The Labute approximate surface area is 132 Å². The Hall–Kier alpha value is -1.82. The number of carbonyl (C=O) groups is 1. The van der Waals surface area contributed by atoms with Crippen molar-refractivity contribution in [2.75, 3.05) is 31.1 Å². The van der Waals surface area contributed by atoms with Gasteiger partial charge in [0.05, 0.1) is 6.20 Å². The van der Waals surface area contributed by atoms with Crippen LogP contribution >= 0.6 is 15.9 Å². The number of rotatable bonds is 2. The van der Waals surface area contributed by atoms with E-state index >= 15 is 0 Å². The summed E-state index contributed by atoms with van der Waals surface area (Å²) in [5, 5.41) is 0. The van der Waals surface area contributed by atoms with E-state index in [-0.39, 0.29) is 5.91 Å². The summed E-state index contributed by atoms with van der Waals surface area (Å²) in [6.07, 6.45) is 1.61. The molecule has 21 heavy (non-hydrogen) atoms. The Bertz CT molecular complexity index is 647. The molecule has 1 fully saturated rings. The van der Waals surface area contributed by atoms with Gasteiger partial charge in [-0.05, 0) is 25.1 Å². The van der Waals surface area contributed by atoms with Crippen LogP contribution in [0.5, 0.6) is 0 Å². The summed E-state index contributed by atoms with van der Waals surface area (Å²) < 4.78 is 1.08. The molecular formula is C15H17BrN4O. The molecule has 0 radical (unpaired) electrons. The van der Waals surface area contributed by atoms with Crippen molar-refractivity contribution in [3.8, 4) is 0 Å². The van der Waals surface area contributed by atoms with Crippen molar-refractivity contribution in [3.63, 3.8) is 0 Å². The highest BCUT2D eigenvalue weighted by Gasteiger charge is 2.23. The van der Waals surface area contributed by atoms with E-state index in [4.69, 9.17) is 0 Å². The van der Waals surface area contributed by atoms with Crippen molar-refractivity contribution in [3.05, 3.63) is 46.5 Å². The number of nitrogens with one attached hydrogen (secondary N) is 1. The monoisotopic (exact) mass is 348 g/mol. The highest BCUT2D eigenvalue weighted by atomic mass is 79.9. The second kappa shape index (κ2) is 5.89. The maximum atomic E-state index is 12.3. The minimum atomic E-state index is 0.0319. The van der Waals surface area contributed by atoms with Crippen LogP contribution in [0, 0.1) is 6.92 Å². The largest absolute Gasteiger partial charge is 0.368 e. The average Bonchev–Trinajstić information content (AvgIpc) is 2.93. The predicted octanol–water partition coefficient (Wildman–Crippen LogP) is 2.44. The molecule has 2 aromatic rings. The fourth-order valence-corrected chi connectivity index (χ4v) is 2.93. The summed E-state index contributed by atoms with van der Waals surface area (Å²) in [7, 11) is 0. The number of H-pyrrole nitrogens is 1.